The first kappa shape index (κ1) is 15.9. The molecule has 0 radical (unpaired) electrons. The van der Waals surface area contributed by atoms with Gasteiger partial charge in [0.25, 0.3) is 0 Å². The van der Waals surface area contributed by atoms with Crippen molar-refractivity contribution >= 4 is 9.84 Å². The van der Waals surface area contributed by atoms with Crippen molar-refractivity contribution in [2.45, 2.75) is 58.1 Å². The minimum Gasteiger partial charge on any atom is -0.378 e. The average molecular weight is 277 g/mol. The molecule has 0 heterocycles. The molecule has 18 heavy (non-hydrogen) atoms. The third-order valence-electron chi connectivity index (χ3n) is 3.70. The number of ether oxygens (including phenoxy) is 1. The molecule has 0 aliphatic heterocycles. The normalized spacial score (nSPS) is 25.7. The summed E-state index contributed by atoms with van der Waals surface area (Å²) in [4.78, 5) is 0. The maximum atomic E-state index is 11.3. The lowest BCUT2D eigenvalue weighted by Gasteiger charge is -2.36. The van der Waals surface area contributed by atoms with Crippen LogP contribution in [0.3, 0.4) is 0 Å². The van der Waals surface area contributed by atoms with E-state index in [0.717, 1.165) is 32.3 Å². The molecule has 1 unspecified atom stereocenters. The second kappa shape index (κ2) is 7.46. The van der Waals surface area contributed by atoms with E-state index in [2.05, 4.69) is 0 Å². The summed E-state index contributed by atoms with van der Waals surface area (Å²) in [6, 6.07) is 0.143. The summed E-state index contributed by atoms with van der Waals surface area (Å²) in [5.74, 6) is 1.20. The first-order chi connectivity index (χ1) is 8.46. The molecule has 1 fully saturated rings. The molecule has 108 valence electrons. The van der Waals surface area contributed by atoms with E-state index in [1.165, 1.54) is 0 Å². The van der Waals surface area contributed by atoms with Gasteiger partial charge in [0, 0.05) is 18.4 Å². The molecular formula is C13H27NO3S. The smallest absolute Gasteiger partial charge is 0.150 e. The standard InChI is InChI=1S/C13H27NO3S/c1-3-17-13-9-11(10-13)8-12(14)6-5-7-18(15,16)4-2/h11-13H,3-10,14H2,1-2H3. The van der Waals surface area contributed by atoms with Gasteiger partial charge in [-0.2, -0.15) is 0 Å². The zero-order chi connectivity index (χ0) is 13.6. The first-order valence-corrected chi connectivity index (χ1v) is 8.86. The van der Waals surface area contributed by atoms with Gasteiger partial charge in [-0.15, -0.1) is 0 Å². The summed E-state index contributed by atoms with van der Waals surface area (Å²) in [5.41, 5.74) is 6.04. The van der Waals surface area contributed by atoms with Gasteiger partial charge in [0.2, 0.25) is 0 Å². The third kappa shape index (κ3) is 5.67. The molecule has 1 saturated carbocycles. The molecule has 0 saturated heterocycles. The van der Waals surface area contributed by atoms with Crippen LogP contribution in [0.15, 0.2) is 0 Å². The maximum Gasteiger partial charge on any atom is 0.150 e. The molecule has 1 rings (SSSR count). The molecule has 0 aromatic heterocycles. The highest BCUT2D eigenvalue weighted by Crippen LogP contribution is 2.33. The highest BCUT2D eigenvalue weighted by atomic mass is 32.2. The van der Waals surface area contributed by atoms with Crippen LogP contribution in [-0.2, 0) is 14.6 Å². The fraction of sp³-hybridized carbons (Fsp3) is 1.00. The quantitative estimate of drug-likeness (QED) is 0.697. The van der Waals surface area contributed by atoms with E-state index in [4.69, 9.17) is 10.5 Å². The van der Waals surface area contributed by atoms with Crippen molar-refractivity contribution in [1.29, 1.82) is 0 Å². The zero-order valence-corrected chi connectivity index (χ0v) is 12.4. The first-order valence-electron chi connectivity index (χ1n) is 7.04. The summed E-state index contributed by atoms with van der Waals surface area (Å²) in [6.07, 6.45) is 5.19. The van der Waals surface area contributed by atoms with Crippen LogP contribution in [0.2, 0.25) is 0 Å². The van der Waals surface area contributed by atoms with Gasteiger partial charge in [0.15, 0.2) is 0 Å². The fourth-order valence-corrected chi connectivity index (χ4v) is 3.39. The van der Waals surface area contributed by atoms with Gasteiger partial charge in [-0.1, -0.05) is 6.92 Å². The Morgan fingerprint density at radius 2 is 2.00 bits per heavy atom. The minimum absolute atomic E-state index is 0.143. The Morgan fingerprint density at radius 3 is 2.56 bits per heavy atom. The minimum atomic E-state index is -2.83. The molecular weight excluding hydrogens is 250 g/mol. The Morgan fingerprint density at radius 1 is 1.33 bits per heavy atom. The molecule has 0 bridgehead atoms. The van der Waals surface area contributed by atoms with Crippen molar-refractivity contribution in [1.82, 2.24) is 0 Å². The highest BCUT2D eigenvalue weighted by molar-refractivity contribution is 7.91. The Balaban J connectivity index is 2.07. The van der Waals surface area contributed by atoms with E-state index in [1.807, 2.05) is 6.92 Å². The van der Waals surface area contributed by atoms with E-state index in [1.54, 1.807) is 6.92 Å². The number of nitrogens with two attached hydrogens (primary N) is 1. The second-order valence-electron chi connectivity index (χ2n) is 5.29. The number of hydrogen-bond donors (Lipinski definition) is 1. The molecule has 2 N–H and O–H groups in total. The Kier molecular flexibility index (Phi) is 6.60. The molecule has 4 nitrogen and oxygen atoms in total. The van der Waals surface area contributed by atoms with Gasteiger partial charge >= 0.3 is 0 Å². The van der Waals surface area contributed by atoms with E-state index in [0.29, 0.717) is 18.4 Å². The van der Waals surface area contributed by atoms with E-state index in [-0.39, 0.29) is 17.5 Å². The average Bonchev–Trinajstić information content (AvgIpc) is 2.26. The lowest BCUT2D eigenvalue weighted by molar-refractivity contribution is -0.0282. The Hall–Kier alpha value is -0.130. The number of hydrogen-bond acceptors (Lipinski definition) is 4. The van der Waals surface area contributed by atoms with Crippen molar-refractivity contribution in [2.24, 2.45) is 11.7 Å². The predicted molar refractivity (Wildman–Crippen MR) is 74.3 cm³/mol. The van der Waals surface area contributed by atoms with Crippen LogP contribution in [0.1, 0.15) is 46.0 Å². The van der Waals surface area contributed by atoms with Crippen LogP contribution in [0.4, 0.5) is 0 Å². The summed E-state index contributed by atoms with van der Waals surface area (Å²) < 4.78 is 28.2. The van der Waals surface area contributed by atoms with Gasteiger partial charge in [0.05, 0.1) is 11.9 Å². The summed E-state index contributed by atoms with van der Waals surface area (Å²) >= 11 is 0. The number of rotatable bonds is 9. The molecule has 0 aromatic carbocycles. The number of sulfone groups is 1. The SMILES string of the molecule is CCOC1CC(CC(N)CCCS(=O)(=O)CC)C1. The molecule has 0 amide bonds. The van der Waals surface area contributed by atoms with Crippen molar-refractivity contribution < 1.29 is 13.2 Å². The maximum absolute atomic E-state index is 11.3. The molecule has 0 spiro atoms. The highest BCUT2D eigenvalue weighted by Gasteiger charge is 2.30. The van der Waals surface area contributed by atoms with Gasteiger partial charge in [0.1, 0.15) is 9.84 Å². The molecule has 0 aromatic rings. The van der Waals surface area contributed by atoms with Crippen LogP contribution < -0.4 is 5.73 Å². The monoisotopic (exact) mass is 277 g/mol. The molecule has 5 heteroatoms. The van der Waals surface area contributed by atoms with E-state index < -0.39 is 9.84 Å². The summed E-state index contributed by atoms with van der Waals surface area (Å²) in [5, 5.41) is 0. The van der Waals surface area contributed by atoms with Crippen LogP contribution in [0, 0.1) is 5.92 Å². The summed E-state index contributed by atoms with van der Waals surface area (Å²) in [7, 11) is -2.83. The van der Waals surface area contributed by atoms with Gasteiger partial charge in [-0.3, -0.25) is 0 Å². The van der Waals surface area contributed by atoms with E-state index >= 15 is 0 Å². The van der Waals surface area contributed by atoms with Gasteiger partial charge in [-0.25, -0.2) is 8.42 Å². The summed E-state index contributed by atoms with van der Waals surface area (Å²) in [6.45, 7) is 4.50. The zero-order valence-electron chi connectivity index (χ0n) is 11.6. The van der Waals surface area contributed by atoms with Crippen LogP contribution in [0.5, 0.6) is 0 Å². The predicted octanol–water partition coefficient (Wildman–Crippen LogP) is 1.73. The van der Waals surface area contributed by atoms with Crippen molar-refractivity contribution in [3.05, 3.63) is 0 Å². The largest absolute Gasteiger partial charge is 0.378 e. The fourth-order valence-electron chi connectivity index (χ4n) is 2.49. The van der Waals surface area contributed by atoms with E-state index in [9.17, 15) is 8.42 Å². The second-order valence-corrected chi connectivity index (χ2v) is 7.76. The van der Waals surface area contributed by atoms with Gasteiger partial charge < -0.3 is 10.5 Å². The van der Waals surface area contributed by atoms with Gasteiger partial charge in [-0.05, 0) is 44.9 Å². The molecule has 1 atom stereocenters. The van der Waals surface area contributed by atoms with Crippen molar-refractivity contribution in [3.63, 3.8) is 0 Å². The topological polar surface area (TPSA) is 69.4 Å². The Labute approximate surface area is 111 Å². The van der Waals surface area contributed by atoms with Crippen LogP contribution in [0.25, 0.3) is 0 Å². The lowest BCUT2D eigenvalue weighted by Crippen LogP contribution is -2.36. The molecule has 1 aliphatic carbocycles. The van der Waals surface area contributed by atoms with Crippen LogP contribution in [-0.4, -0.2) is 38.7 Å². The lowest BCUT2D eigenvalue weighted by atomic mass is 9.78. The third-order valence-corrected chi connectivity index (χ3v) is 5.49. The van der Waals surface area contributed by atoms with Crippen LogP contribution >= 0.6 is 0 Å². The van der Waals surface area contributed by atoms with Crippen molar-refractivity contribution in [3.8, 4) is 0 Å². The molecule has 1 aliphatic rings. The Bertz CT molecular complexity index is 323. The van der Waals surface area contributed by atoms with Crippen molar-refractivity contribution in [2.75, 3.05) is 18.1 Å².